The van der Waals surface area contributed by atoms with Gasteiger partial charge in [0, 0.05) is 43.7 Å². The fourth-order valence-corrected chi connectivity index (χ4v) is 4.09. The van der Waals surface area contributed by atoms with E-state index in [4.69, 9.17) is 11.6 Å². The van der Waals surface area contributed by atoms with E-state index >= 15 is 0 Å². The molecule has 2 N–H and O–H groups in total. The molecule has 1 aliphatic rings. The van der Waals surface area contributed by atoms with Crippen molar-refractivity contribution in [2.24, 2.45) is 0 Å². The van der Waals surface area contributed by atoms with Crippen LogP contribution < -0.4 is 10.0 Å². The fourth-order valence-electron chi connectivity index (χ4n) is 2.04. The Morgan fingerprint density at radius 2 is 1.91 bits per heavy atom. The van der Waals surface area contributed by atoms with Crippen LogP contribution in [0.3, 0.4) is 0 Å². The van der Waals surface area contributed by atoms with Crippen molar-refractivity contribution in [1.29, 1.82) is 0 Å². The van der Waals surface area contributed by atoms with E-state index < -0.39 is 10.0 Å². The molecule has 1 heterocycles. The summed E-state index contributed by atoms with van der Waals surface area (Å²) in [7, 11) is -3.57. The van der Waals surface area contributed by atoms with Crippen LogP contribution >= 0.6 is 52.3 Å². The summed E-state index contributed by atoms with van der Waals surface area (Å²) < 4.78 is 27.6. The first-order chi connectivity index (χ1) is 9.50. The van der Waals surface area contributed by atoms with E-state index in [9.17, 15) is 8.42 Å². The van der Waals surface area contributed by atoms with Crippen LogP contribution in [-0.2, 0) is 10.0 Å². The zero-order chi connectivity index (χ0) is 14.6. The predicted molar refractivity (Wildman–Crippen MR) is 98.1 cm³/mol. The van der Waals surface area contributed by atoms with Crippen molar-refractivity contribution in [3.8, 4) is 0 Å². The summed E-state index contributed by atoms with van der Waals surface area (Å²) in [6.45, 7) is 4.87. The maximum absolute atomic E-state index is 12.2. The molecule has 10 heteroatoms. The van der Waals surface area contributed by atoms with Crippen molar-refractivity contribution in [3.63, 3.8) is 0 Å². The van der Waals surface area contributed by atoms with Gasteiger partial charge in [-0.05, 0) is 28.1 Å². The summed E-state index contributed by atoms with van der Waals surface area (Å²) in [5.74, 6) is 0. The number of hydrogen-bond acceptors (Lipinski definition) is 4. The molecule has 0 radical (unpaired) electrons. The van der Waals surface area contributed by atoms with Gasteiger partial charge in [0.05, 0.1) is 5.02 Å². The van der Waals surface area contributed by atoms with E-state index in [0.29, 0.717) is 17.6 Å². The van der Waals surface area contributed by atoms with Crippen LogP contribution in [0.5, 0.6) is 0 Å². The molecule has 5 nitrogen and oxygen atoms in total. The molecule has 0 aliphatic carbocycles. The van der Waals surface area contributed by atoms with Gasteiger partial charge in [0.15, 0.2) is 0 Å². The number of sulfonamides is 1. The third kappa shape index (κ3) is 6.13. The molecule has 0 spiro atoms. The van der Waals surface area contributed by atoms with Gasteiger partial charge in [0.25, 0.3) is 0 Å². The summed E-state index contributed by atoms with van der Waals surface area (Å²) in [6, 6.07) is 4.86. The van der Waals surface area contributed by atoms with Crippen molar-refractivity contribution in [3.05, 3.63) is 27.7 Å². The largest absolute Gasteiger partial charge is 0.314 e. The third-order valence-corrected chi connectivity index (χ3v) is 6.05. The molecule has 1 aromatic carbocycles. The smallest absolute Gasteiger partial charge is 0.242 e. The van der Waals surface area contributed by atoms with Crippen LogP contribution in [0.25, 0.3) is 0 Å². The molecule has 0 bridgehead atoms. The number of piperazine rings is 1. The van der Waals surface area contributed by atoms with Crippen LogP contribution in [0.4, 0.5) is 0 Å². The maximum atomic E-state index is 12.2. The number of nitrogens with one attached hydrogen (secondary N) is 2. The number of benzene rings is 1. The highest BCUT2D eigenvalue weighted by molar-refractivity contribution is 9.10. The highest BCUT2D eigenvalue weighted by Gasteiger charge is 2.19. The standard InChI is InChI=1S/C12H17BrClN3O2S.2ClH/c13-10-2-1-3-11(12(10)14)20(18,19)16-6-9-17-7-4-15-5-8-17;;/h1-3,15-16H,4-9H2;2*1H. The van der Waals surface area contributed by atoms with E-state index in [2.05, 4.69) is 30.9 Å². The molecule has 0 unspecified atom stereocenters. The lowest BCUT2D eigenvalue weighted by Crippen LogP contribution is -2.46. The zero-order valence-electron chi connectivity index (χ0n) is 11.7. The second-order valence-electron chi connectivity index (χ2n) is 4.54. The highest BCUT2D eigenvalue weighted by atomic mass is 79.9. The van der Waals surface area contributed by atoms with E-state index in [1.807, 2.05) is 0 Å². The second-order valence-corrected chi connectivity index (χ2v) is 7.51. The van der Waals surface area contributed by atoms with Crippen molar-refractivity contribution in [2.75, 3.05) is 39.3 Å². The van der Waals surface area contributed by atoms with Crippen LogP contribution in [0.1, 0.15) is 0 Å². The van der Waals surface area contributed by atoms with E-state index in [1.165, 1.54) is 6.07 Å². The van der Waals surface area contributed by atoms with Gasteiger partial charge in [-0.25, -0.2) is 13.1 Å². The normalized spacial score (nSPS) is 15.7. The van der Waals surface area contributed by atoms with Gasteiger partial charge >= 0.3 is 0 Å². The minimum atomic E-state index is -3.57. The first kappa shape index (κ1) is 22.4. The van der Waals surface area contributed by atoms with Crippen LogP contribution in [-0.4, -0.2) is 52.6 Å². The topological polar surface area (TPSA) is 61.4 Å². The number of halogens is 4. The summed E-state index contributed by atoms with van der Waals surface area (Å²) in [5.41, 5.74) is 0. The van der Waals surface area contributed by atoms with Gasteiger partial charge in [0.1, 0.15) is 4.90 Å². The summed E-state index contributed by atoms with van der Waals surface area (Å²) >= 11 is 9.25. The molecule has 0 amide bonds. The predicted octanol–water partition coefficient (Wildman–Crippen LogP) is 2.13. The molecule has 1 aliphatic heterocycles. The molecule has 128 valence electrons. The minimum absolute atomic E-state index is 0. The van der Waals surface area contributed by atoms with Crippen molar-refractivity contribution in [2.45, 2.75) is 4.90 Å². The highest BCUT2D eigenvalue weighted by Crippen LogP contribution is 2.28. The molecule has 22 heavy (non-hydrogen) atoms. The SMILES string of the molecule is Cl.Cl.O=S(=O)(NCCN1CCNCC1)c1cccc(Br)c1Cl. The lowest BCUT2D eigenvalue weighted by Gasteiger charge is -2.27. The van der Waals surface area contributed by atoms with Gasteiger partial charge in [-0.2, -0.15) is 0 Å². The van der Waals surface area contributed by atoms with Gasteiger partial charge < -0.3 is 5.32 Å². The lowest BCUT2D eigenvalue weighted by atomic mass is 10.3. The number of hydrogen-bond donors (Lipinski definition) is 2. The molecule has 1 saturated heterocycles. The summed E-state index contributed by atoms with van der Waals surface area (Å²) in [6.07, 6.45) is 0. The molecular weight excluding hydrogens is 436 g/mol. The van der Waals surface area contributed by atoms with Crippen molar-refractivity contribution in [1.82, 2.24) is 14.9 Å². The van der Waals surface area contributed by atoms with E-state index in [1.54, 1.807) is 12.1 Å². The Bertz CT molecular complexity index is 569. The Hall–Kier alpha value is 0.400. The van der Waals surface area contributed by atoms with Crippen molar-refractivity contribution >= 4 is 62.4 Å². The Balaban J connectivity index is 0.00000220. The Morgan fingerprint density at radius 3 is 2.55 bits per heavy atom. The Morgan fingerprint density at radius 1 is 1.27 bits per heavy atom. The van der Waals surface area contributed by atoms with Gasteiger partial charge in [-0.15, -0.1) is 24.8 Å². The zero-order valence-corrected chi connectivity index (χ0v) is 16.5. The molecule has 2 rings (SSSR count). The van der Waals surface area contributed by atoms with Gasteiger partial charge in [0.2, 0.25) is 10.0 Å². The summed E-state index contributed by atoms with van der Waals surface area (Å²) in [5, 5.41) is 3.47. The van der Waals surface area contributed by atoms with Gasteiger partial charge in [-0.3, -0.25) is 4.90 Å². The van der Waals surface area contributed by atoms with Crippen LogP contribution in [0.15, 0.2) is 27.6 Å². The van der Waals surface area contributed by atoms with Gasteiger partial charge in [-0.1, -0.05) is 17.7 Å². The first-order valence-corrected chi connectivity index (χ1v) is 9.03. The first-order valence-electron chi connectivity index (χ1n) is 6.37. The summed E-state index contributed by atoms with van der Waals surface area (Å²) in [4.78, 5) is 2.33. The third-order valence-electron chi connectivity index (χ3n) is 3.14. The lowest BCUT2D eigenvalue weighted by molar-refractivity contribution is 0.245. The minimum Gasteiger partial charge on any atom is -0.314 e. The monoisotopic (exact) mass is 453 g/mol. The molecule has 1 aromatic rings. The molecule has 0 atom stereocenters. The number of nitrogens with zero attached hydrogens (tertiary/aromatic N) is 1. The Labute approximate surface area is 157 Å². The van der Waals surface area contributed by atoms with E-state index in [-0.39, 0.29) is 34.7 Å². The van der Waals surface area contributed by atoms with Crippen molar-refractivity contribution < 1.29 is 8.42 Å². The second kappa shape index (κ2) is 10.3. The number of rotatable bonds is 5. The van der Waals surface area contributed by atoms with Crippen LogP contribution in [0, 0.1) is 0 Å². The average molecular weight is 456 g/mol. The Kier molecular flexibility index (Phi) is 10.5. The molecule has 1 fully saturated rings. The molecular formula is C12H19BrCl3N3O2S. The molecule has 0 aromatic heterocycles. The van der Waals surface area contributed by atoms with Crippen LogP contribution in [0.2, 0.25) is 5.02 Å². The average Bonchev–Trinajstić information content (AvgIpc) is 2.42. The maximum Gasteiger partial charge on any atom is 0.242 e. The quantitative estimate of drug-likeness (QED) is 0.714. The fraction of sp³-hybridized carbons (Fsp3) is 0.500. The molecule has 0 saturated carbocycles. The van der Waals surface area contributed by atoms with E-state index in [0.717, 1.165) is 26.2 Å².